The Balaban J connectivity index is 1.67. The Kier molecular flexibility index (Phi) is 4.57. The third kappa shape index (κ3) is 2.92. The number of amides is 3. The van der Waals surface area contributed by atoms with Gasteiger partial charge < -0.3 is 20.6 Å². The molecule has 2 aliphatic heterocycles. The molecule has 4 aliphatic rings. The Bertz CT molecular complexity index is 888. The van der Waals surface area contributed by atoms with Crippen LogP contribution in [0.3, 0.4) is 0 Å². The van der Waals surface area contributed by atoms with Crippen LogP contribution in [0.4, 0.5) is 4.79 Å². The van der Waals surface area contributed by atoms with Gasteiger partial charge in [-0.25, -0.2) is 4.79 Å². The molecule has 5 rings (SSSR count). The number of piperidine rings is 1. The number of fused-ring (bicyclic) bond motifs is 1. The molecule has 1 aromatic carbocycles. The van der Waals surface area contributed by atoms with Crippen LogP contribution in [0.5, 0.6) is 5.75 Å². The number of carbonyl (C=O) groups excluding carboxylic acids is 2. The number of nitrogens with zero attached hydrogens (tertiary/aromatic N) is 1. The number of urea groups is 1. The molecular formula is C22H29N3O5. The van der Waals surface area contributed by atoms with Crippen molar-refractivity contribution in [2.75, 3.05) is 19.6 Å². The van der Waals surface area contributed by atoms with Gasteiger partial charge in [0.25, 0.3) is 0 Å². The predicted octanol–water partition coefficient (Wildman–Crippen LogP) is 0.902. The van der Waals surface area contributed by atoms with Gasteiger partial charge in [-0.3, -0.25) is 15.0 Å². The minimum atomic E-state index is -1.36. The number of aliphatic hydroxyl groups is 2. The number of hydrogen-bond donors (Lipinski definition) is 5. The number of rotatable bonds is 2. The largest absolute Gasteiger partial charge is 0.508 e. The highest BCUT2D eigenvalue weighted by Crippen LogP contribution is 2.59. The Hall–Kier alpha value is -2.16. The summed E-state index contributed by atoms with van der Waals surface area (Å²) < 4.78 is 0. The lowest BCUT2D eigenvalue weighted by atomic mass is 9.51. The summed E-state index contributed by atoms with van der Waals surface area (Å²) in [4.78, 5) is 27.0. The van der Waals surface area contributed by atoms with Crippen molar-refractivity contribution in [2.24, 2.45) is 5.92 Å². The number of phenols is 1. The number of aromatic hydroxyl groups is 1. The van der Waals surface area contributed by atoms with E-state index in [1.165, 1.54) is 18.9 Å². The maximum atomic E-state index is 12.8. The van der Waals surface area contributed by atoms with Crippen LogP contribution in [0, 0.1) is 5.92 Å². The molecular weight excluding hydrogens is 386 g/mol. The van der Waals surface area contributed by atoms with Gasteiger partial charge in [0.15, 0.2) is 0 Å². The number of carbonyl (C=O) groups is 2. The Labute approximate surface area is 175 Å². The van der Waals surface area contributed by atoms with Gasteiger partial charge in [0.1, 0.15) is 5.75 Å². The van der Waals surface area contributed by atoms with Crippen molar-refractivity contribution >= 4 is 11.9 Å². The van der Waals surface area contributed by atoms with E-state index < -0.39 is 35.1 Å². The SMILES string of the molecule is O=C1C[C@]23CCN(CC4CC4)[C@H]([C@H](O)c4ccc(O)cc42)[C@]3(O)CCCNC(=O)N1. The van der Waals surface area contributed by atoms with Crippen molar-refractivity contribution < 1.29 is 24.9 Å². The molecule has 1 saturated carbocycles. The van der Waals surface area contributed by atoms with Crippen LogP contribution < -0.4 is 10.6 Å². The average Bonchev–Trinajstić information content (AvgIpc) is 3.50. The minimum absolute atomic E-state index is 0.0341. The van der Waals surface area contributed by atoms with Crippen LogP contribution in [0.15, 0.2) is 18.2 Å². The molecule has 0 aromatic heterocycles. The number of phenolic OH excluding ortho intramolecular Hbond substituents is 1. The van der Waals surface area contributed by atoms with Crippen LogP contribution in [-0.2, 0) is 10.2 Å². The molecule has 3 amide bonds. The molecule has 2 heterocycles. The molecule has 162 valence electrons. The summed E-state index contributed by atoms with van der Waals surface area (Å²) in [5.74, 6) is 0.163. The molecule has 0 unspecified atom stereocenters. The van der Waals surface area contributed by atoms with Crippen molar-refractivity contribution in [3.8, 4) is 5.75 Å². The number of hydrogen-bond acceptors (Lipinski definition) is 6. The highest BCUT2D eigenvalue weighted by molar-refractivity contribution is 5.95. The van der Waals surface area contributed by atoms with E-state index in [9.17, 15) is 24.9 Å². The highest BCUT2D eigenvalue weighted by Gasteiger charge is 2.65. The summed E-state index contributed by atoms with van der Waals surface area (Å²) >= 11 is 0. The number of imide groups is 1. The summed E-state index contributed by atoms with van der Waals surface area (Å²) in [6, 6.07) is 3.75. The van der Waals surface area contributed by atoms with E-state index in [1.807, 2.05) is 0 Å². The molecule has 2 bridgehead atoms. The lowest BCUT2D eigenvalue weighted by Gasteiger charge is -2.63. The van der Waals surface area contributed by atoms with Crippen molar-refractivity contribution in [1.29, 1.82) is 0 Å². The third-order valence-electron chi connectivity index (χ3n) is 7.63. The van der Waals surface area contributed by atoms with E-state index >= 15 is 0 Å². The highest BCUT2D eigenvalue weighted by atomic mass is 16.3. The van der Waals surface area contributed by atoms with Crippen LogP contribution in [0.1, 0.15) is 55.8 Å². The molecule has 2 saturated heterocycles. The summed E-state index contributed by atoms with van der Waals surface area (Å²) in [6.07, 6.45) is 2.73. The van der Waals surface area contributed by atoms with Crippen molar-refractivity contribution in [2.45, 2.75) is 61.7 Å². The summed E-state index contributed by atoms with van der Waals surface area (Å²) in [7, 11) is 0. The summed E-state index contributed by atoms with van der Waals surface area (Å²) in [6.45, 7) is 1.81. The maximum Gasteiger partial charge on any atom is 0.321 e. The first-order chi connectivity index (χ1) is 14.3. The van der Waals surface area contributed by atoms with E-state index in [-0.39, 0.29) is 12.2 Å². The second kappa shape index (κ2) is 6.93. The topological polar surface area (TPSA) is 122 Å². The number of aliphatic hydroxyl groups excluding tert-OH is 1. The Morgan fingerprint density at radius 2 is 2.00 bits per heavy atom. The molecule has 5 N–H and O–H groups in total. The smallest absolute Gasteiger partial charge is 0.321 e. The van der Waals surface area contributed by atoms with Crippen molar-refractivity contribution in [1.82, 2.24) is 15.5 Å². The fourth-order valence-electron chi connectivity index (χ4n) is 6.10. The van der Waals surface area contributed by atoms with Gasteiger partial charge in [-0.2, -0.15) is 0 Å². The monoisotopic (exact) mass is 415 g/mol. The fourth-order valence-corrected chi connectivity index (χ4v) is 6.10. The molecule has 0 spiro atoms. The van der Waals surface area contributed by atoms with Crippen molar-refractivity contribution in [3.05, 3.63) is 29.3 Å². The second-order valence-corrected chi connectivity index (χ2v) is 9.44. The summed E-state index contributed by atoms with van der Waals surface area (Å²) in [5.41, 5.74) is -1.07. The molecule has 8 nitrogen and oxygen atoms in total. The van der Waals surface area contributed by atoms with E-state index in [0.717, 1.165) is 6.54 Å². The first kappa shape index (κ1) is 19.8. The fraction of sp³-hybridized carbons (Fsp3) is 0.636. The predicted molar refractivity (Wildman–Crippen MR) is 108 cm³/mol. The Morgan fingerprint density at radius 1 is 1.20 bits per heavy atom. The lowest BCUT2D eigenvalue weighted by Crippen LogP contribution is -2.73. The summed E-state index contributed by atoms with van der Waals surface area (Å²) in [5, 5.41) is 39.0. The van der Waals surface area contributed by atoms with Crippen molar-refractivity contribution in [3.63, 3.8) is 0 Å². The number of likely N-dealkylation sites (tertiary alicyclic amines) is 1. The van der Waals surface area contributed by atoms with Crippen LogP contribution >= 0.6 is 0 Å². The van der Waals surface area contributed by atoms with E-state index in [2.05, 4.69) is 15.5 Å². The van der Waals surface area contributed by atoms with Gasteiger partial charge in [-0.1, -0.05) is 6.07 Å². The zero-order valence-electron chi connectivity index (χ0n) is 16.9. The molecule has 2 aliphatic carbocycles. The standard InChI is InChI=1S/C22H29N3O5/c26-14-4-5-15-16(10-14)21-7-9-25(12-13-2-3-13)19(18(15)28)22(21,30)6-1-8-23-20(29)24-17(27)11-21/h4-5,10,13,18-19,26,28,30H,1-3,6-9,11-12H2,(H2,23,24,27,29)/t18-,19-,21-,22-/m1/s1. The van der Waals surface area contributed by atoms with Crippen LogP contribution in [0.2, 0.25) is 0 Å². The minimum Gasteiger partial charge on any atom is -0.508 e. The van der Waals surface area contributed by atoms with Gasteiger partial charge in [-0.05, 0) is 67.8 Å². The molecule has 8 heteroatoms. The third-order valence-corrected chi connectivity index (χ3v) is 7.63. The first-order valence-electron chi connectivity index (χ1n) is 10.9. The van der Waals surface area contributed by atoms with Gasteiger partial charge in [0.05, 0.1) is 17.7 Å². The maximum absolute atomic E-state index is 12.8. The van der Waals surface area contributed by atoms with E-state index in [4.69, 9.17) is 0 Å². The van der Waals surface area contributed by atoms with Gasteiger partial charge in [-0.15, -0.1) is 0 Å². The first-order valence-corrected chi connectivity index (χ1v) is 10.9. The quantitative estimate of drug-likeness (QED) is 0.489. The molecule has 1 aromatic rings. The van der Waals surface area contributed by atoms with Gasteiger partial charge >= 0.3 is 6.03 Å². The zero-order chi connectivity index (χ0) is 21.1. The molecule has 30 heavy (non-hydrogen) atoms. The van der Waals surface area contributed by atoms with Crippen LogP contribution in [0.25, 0.3) is 0 Å². The van der Waals surface area contributed by atoms with Gasteiger partial charge in [0.2, 0.25) is 5.91 Å². The van der Waals surface area contributed by atoms with E-state index in [1.54, 1.807) is 12.1 Å². The number of nitrogens with one attached hydrogen (secondary N) is 2. The zero-order valence-corrected chi connectivity index (χ0v) is 16.9. The molecule has 0 radical (unpaired) electrons. The normalized spacial score (nSPS) is 36.9. The molecule has 4 atom stereocenters. The number of benzene rings is 1. The second-order valence-electron chi connectivity index (χ2n) is 9.44. The average molecular weight is 415 g/mol. The molecule has 3 fully saturated rings. The van der Waals surface area contributed by atoms with Gasteiger partial charge in [0, 0.05) is 24.9 Å². The van der Waals surface area contributed by atoms with Crippen LogP contribution in [-0.4, -0.2) is 63.4 Å². The van der Waals surface area contributed by atoms with E-state index in [0.29, 0.717) is 49.4 Å². The Morgan fingerprint density at radius 3 is 2.77 bits per heavy atom. The lowest BCUT2D eigenvalue weighted by molar-refractivity contribution is -0.190.